The molecule has 0 aliphatic rings. The molecule has 0 fully saturated rings. The van der Waals surface area contributed by atoms with Crippen LogP contribution in [0.1, 0.15) is 27.7 Å². The number of rotatable bonds is 6. The van der Waals surface area contributed by atoms with E-state index in [1.165, 1.54) is 16.9 Å². The zero-order valence-electron chi connectivity index (χ0n) is 13.1. The van der Waals surface area contributed by atoms with Crippen molar-refractivity contribution in [3.05, 3.63) is 58.7 Å². The normalized spacial score (nSPS) is 10.1. The number of hydrogen-bond acceptors (Lipinski definition) is 4. The molecule has 5 heteroatoms. The Morgan fingerprint density at radius 2 is 2.00 bits per heavy atom. The van der Waals surface area contributed by atoms with Crippen molar-refractivity contribution >= 4 is 27.9 Å². The van der Waals surface area contributed by atoms with E-state index >= 15 is 0 Å². The molecular formula is C17H21N3OS. The monoisotopic (exact) mass is 315 g/mol. The Morgan fingerprint density at radius 3 is 2.68 bits per heavy atom. The number of carbonyl (C=O) groups excluding carboxylic acids is 1. The summed E-state index contributed by atoms with van der Waals surface area (Å²) in [5.74, 6) is 0.543. The van der Waals surface area contributed by atoms with Crippen LogP contribution in [0, 0.1) is 6.92 Å². The Bertz CT molecular complexity index is 691. The van der Waals surface area contributed by atoms with Gasteiger partial charge in [-0.2, -0.15) is 0 Å². The first-order chi connectivity index (χ1) is 10.5. The van der Waals surface area contributed by atoms with E-state index in [0.717, 1.165) is 22.0 Å². The number of thiophene rings is 1. The number of anilines is 2. The van der Waals surface area contributed by atoms with Gasteiger partial charge in [-0.05, 0) is 31.0 Å². The fraction of sp³-hybridized carbons (Fsp3) is 0.235. The molecule has 0 aliphatic carbocycles. The molecule has 2 aromatic rings. The van der Waals surface area contributed by atoms with E-state index in [0.29, 0.717) is 11.4 Å². The van der Waals surface area contributed by atoms with E-state index in [1.54, 1.807) is 7.05 Å². The maximum absolute atomic E-state index is 11.9. The summed E-state index contributed by atoms with van der Waals surface area (Å²) in [5, 5.41) is 9.92. The molecule has 1 amide bonds. The molecule has 3 N–H and O–H groups in total. The summed E-state index contributed by atoms with van der Waals surface area (Å²) in [6.07, 6.45) is 0.943. The van der Waals surface area contributed by atoms with Crippen LogP contribution in [-0.4, -0.2) is 13.0 Å². The van der Waals surface area contributed by atoms with Gasteiger partial charge < -0.3 is 16.0 Å². The van der Waals surface area contributed by atoms with Crippen molar-refractivity contribution in [3.63, 3.8) is 0 Å². The minimum atomic E-state index is -0.103. The largest absolute Gasteiger partial charge is 0.355 e. The number of nitrogens with one attached hydrogen (secondary N) is 3. The SMILES string of the molecule is C=C(Nc1ccccc1CC)Nc1sc(C)cc1C(=O)NC. The lowest BCUT2D eigenvalue weighted by atomic mass is 10.1. The quantitative estimate of drug-likeness (QED) is 0.756. The molecule has 22 heavy (non-hydrogen) atoms. The summed E-state index contributed by atoms with van der Waals surface area (Å²) in [4.78, 5) is 13.0. The third-order valence-electron chi connectivity index (χ3n) is 3.28. The van der Waals surface area contributed by atoms with Gasteiger partial charge >= 0.3 is 0 Å². The molecule has 4 nitrogen and oxygen atoms in total. The van der Waals surface area contributed by atoms with Gasteiger partial charge in [0, 0.05) is 17.6 Å². The van der Waals surface area contributed by atoms with Gasteiger partial charge in [0.25, 0.3) is 5.91 Å². The van der Waals surface area contributed by atoms with E-state index in [9.17, 15) is 4.79 Å². The Morgan fingerprint density at radius 1 is 1.27 bits per heavy atom. The van der Waals surface area contributed by atoms with Crippen LogP contribution in [0.3, 0.4) is 0 Å². The molecule has 0 spiro atoms. The zero-order chi connectivity index (χ0) is 16.1. The molecule has 0 atom stereocenters. The van der Waals surface area contributed by atoms with E-state index in [-0.39, 0.29) is 5.91 Å². The fourth-order valence-corrected chi connectivity index (χ4v) is 3.13. The summed E-state index contributed by atoms with van der Waals surface area (Å²) >= 11 is 1.53. The number of benzene rings is 1. The predicted octanol–water partition coefficient (Wildman–Crippen LogP) is 3.97. The molecule has 0 bridgehead atoms. The lowest BCUT2D eigenvalue weighted by Crippen LogP contribution is -2.19. The van der Waals surface area contributed by atoms with Gasteiger partial charge in [-0.1, -0.05) is 31.7 Å². The summed E-state index contributed by atoms with van der Waals surface area (Å²) in [7, 11) is 1.63. The molecule has 2 rings (SSSR count). The van der Waals surface area contributed by atoms with E-state index in [1.807, 2.05) is 31.2 Å². The average Bonchev–Trinajstić information content (AvgIpc) is 2.87. The van der Waals surface area contributed by atoms with Crippen LogP contribution in [0.2, 0.25) is 0 Å². The van der Waals surface area contributed by atoms with Crippen LogP contribution in [0.15, 0.2) is 42.7 Å². The van der Waals surface area contributed by atoms with Gasteiger partial charge in [0.15, 0.2) is 0 Å². The van der Waals surface area contributed by atoms with Crippen molar-refractivity contribution in [1.29, 1.82) is 0 Å². The number of hydrogen-bond donors (Lipinski definition) is 3. The second-order valence-electron chi connectivity index (χ2n) is 4.92. The maximum atomic E-state index is 11.9. The summed E-state index contributed by atoms with van der Waals surface area (Å²) in [6.45, 7) is 8.10. The van der Waals surface area contributed by atoms with Crippen LogP contribution in [0.4, 0.5) is 10.7 Å². The highest BCUT2D eigenvalue weighted by Gasteiger charge is 2.14. The van der Waals surface area contributed by atoms with Crippen molar-refractivity contribution < 1.29 is 4.79 Å². The number of aryl methyl sites for hydroxylation is 2. The lowest BCUT2D eigenvalue weighted by Gasteiger charge is -2.14. The smallest absolute Gasteiger partial charge is 0.254 e. The van der Waals surface area contributed by atoms with Gasteiger partial charge in [0.2, 0.25) is 0 Å². The van der Waals surface area contributed by atoms with Crippen molar-refractivity contribution in [1.82, 2.24) is 5.32 Å². The maximum Gasteiger partial charge on any atom is 0.254 e. The molecule has 0 saturated heterocycles. The van der Waals surface area contributed by atoms with Crippen LogP contribution < -0.4 is 16.0 Å². The summed E-state index contributed by atoms with van der Waals surface area (Å²) < 4.78 is 0. The molecule has 116 valence electrons. The molecule has 1 aromatic carbocycles. The van der Waals surface area contributed by atoms with Gasteiger partial charge in [-0.3, -0.25) is 4.79 Å². The van der Waals surface area contributed by atoms with Gasteiger partial charge in [-0.15, -0.1) is 11.3 Å². The highest BCUT2D eigenvalue weighted by atomic mass is 32.1. The Balaban J connectivity index is 2.14. The minimum Gasteiger partial charge on any atom is -0.355 e. The second kappa shape index (κ2) is 7.13. The van der Waals surface area contributed by atoms with Gasteiger partial charge in [-0.25, -0.2) is 0 Å². The van der Waals surface area contributed by atoms with E-state index in [2.05, 4.69) is 35.5 Å². The Hall–Kier alpha value is -2.27. The molecule has 0 radical (unpaired) electrons. The van der Waals surface area contributed by atoms with Crippen molar-refractivity contribution in [2.24, 2.45) is 0 Å². The molecule has 1 aromatic heterocycles. The minimum absolute atomic E-state index is 0.103. The highest BCUT2D eigenvalue weighted by molar-refractivity contribution is 7.16. The average molecular weight is 315 g/mol. The topological polar surface area (TPSA) is 53.2 Å². The van der Waals surface area contributed by atoms with Crippen LogP contribution in [-0.2, 0) is 6.42 Å². The van der Waals surface area contributed by atoms with Crippen molar-refractivity contribution in [2.75, 3.05) is 17.7 Å². The van der Waals surface area contributed by atoms with Crippen LogP contribution >= 0.6 is 11.3 Å². The Labute approximate surface area is 135 Å². The molecular weight excluding hydrogens is 294 g/mol. The first kappa shape index (κ1) is 16.1. The van der Waals surface area contributed by atoms with Crippen LogP contribution in [0.5, 0.6) is 0 Å². The van der Waals surface area contributed by atoms with Gasteiger partial charge in [0.1, 0.15) is 10.8 Å². The van der Waals surface area contributed by atoms with Gasteiger partial charge in [0.05, 0.1) is 5.56 Å². The summed E-state index contributed by atoms with van der Waals surface area (Å²) in [5.41, 5.74) is 2.88. The molecule has 1 heterocycles. The third kappa shape index (κ3) is 3.68. The summed E-state index contributed by atoms with van der Waals surface area (Å²) in [6, 6.07) is 9.98. The standard InChI is InChI=1S/C17H21N3OS/c1-5-13-8-6-7-9-15(13)19-12(3)20-17-14(16(21)18-4)10-11(2)22-17/h6-10,19-20H,3,5H2,1-2,4H3,(H,18,21). The number of amides is 1. The van der Waals surface area contributed by atoms with Crippen molar-refractivity contribution in [2.45, 2.75) is 20.3 Å². The van der Waals surface area contributed by atoms with Crippen molar-refractivity contribution in [3.8, 4) is 0 Å². The zero-order valence-corrected chi connectivity index (χ0v) is 13.9. The third-order valence-corrected chi connectivity index (χ3v) is 4.24. The second-order valence-corrected chi connectivity index (χ2v) is 6.17. The van der Waals surface area contributed by atoms with E-state index in [4.69, 9.17) is 0 Å². The Kier molecular flexibility index (Phi) is 5.22. The van der Waals surface area contributed by atoms with E-state index < -0.39 is 0 Å². The highest BCUT2D eigenvalue weighted by Crippen LogP contribution is 2.29. The fourth-order valence-electron chi connectivity index (χ4n) is 2.19. The number of para-hydroxylation sites is 1. The molecule has 0 aliphatic heterocycles. The lowest BCUT2D eigenvalue weighted by molar-refractivity contribution is 0.0964. The van der Waals surface area contributed by atoms with Crippen LogP contribution in [0.25, 0.3) is 0 Å². The molecule has 0 unspecified atom stereocenters. The first-order valence-corrected chi connectivity index (χ1v) is 8.00. The predicted molar refractivity (Wildman–Crippen MR) is 94.7 cm³/mol. The molecule has 0 saturated carbocycles. The number of carbonyl (C=O) groups is 1. The first-order valence-electron chi connectivity index (χ1n) is 7.18.